The molecule has 1 aliphatic carbocycles. The predicted octanol–water partition coefficient (Wildman–Crippen LogP) is 3.74. The number of hydrogen-bond acceptors (Lipinski definition) is 3. The van der Waals surface area contributed by atoms with E-state index in [1.54, 1.807) is 7.11 Å². The van der Waals surface area contributed by atoms with Crippen LogP contribution in [0.3, 0.4) is 0 Å². The van der Waals surface area contributed by atoms with Crippen LogP contribution in [0.25, 0.3) is 0 Å². The summed E-state index contributed by atoms with van der Waals surface area (Å²) in [7, 11) is 1.79. The maximum absolute atomic E-state index is 5.33. The van der Waals surface area contributed by atoms with Crippen molar-refractivity contribution >= 4 is 29.9 Å². The Morgan fingerprint density at radius 2 is 2.07 bits per heavy atom. The molecule has 27 heavy (non-hydrogen) atoms. The van der Waals surface area contributed by atoms with Crippen molar-refractivity contribution in [1.29, 1.82) is 0 Å². The Morgan fingerprint density at radius 3 is 2.70 bits per heavy atom. The highest BCUT2D eigenvalue weighted by Gasteiger charge is 2.33. The minimum absolute atomic E-state index is 0. The minimum atomic E-state index is 0. The van der Waals surface area contributed by atoms with Gasteiger partial charge in [-0.2, -0.15) is 0 Å². The van der Waals surface area contributed by atoms with Crippen molar-refractivity contribution in [1.82, 2.24) is 20.2 Å². The second kappa shape index (κ2) is 13.4. The molecule has 0 spiro atoms. The van der Waals surface area contributed by atoms with Crippen LogP contribution in [0.15, 0.2) is 17.4 Å². The van der Waals surface area contributed by atoms with E-state index in [2.05, 4.69) is 40.2 Å². The molecule has 2 N–H and O–H groups in total. The van der Waals surface area contributed by atoms with Gasteiger partial charge in [0.25, 0.3) is 0 Å². The summed E-state index contributed by atoms with van der Waals surface area (Å²) in [4.78, 5) is 9.17. The van der Waals surface area contributed by atoms with Crippen LogP contribution in [0.1, 0.15) is 57.7 Å². The third-order valence-corrected chi connectivity index (χ3v) is 5.46. The normalized spacial score (nSPS) is 16.2. The molecule has 1 fully saturated rings. The van der Waals surface area contributed by atoms with Gasteiger partial charge < -0.3 is 19.9 Å². The highest BCUT2D eigenvalue weighted by Crippen LogP contribution is 2.41. The molecule has 156 valence electrons. The number of halogens is 1. The number of hydrogen-bond donors (Lipinski definition) is 2. The molecule has 0 amide bonds. The molecule has 0 atom stereocenters. The van der Waals surface area contributed by atoms with Gasteiger partial charge in [-0.25, -0.2) is 4.98 Å². The SMILES string of the molecule is CCNC(=NCC1(CCOC)CCCC1)NCCCCn1ccnc1C.I. The lowest BCUT2D eigenvalue weighted by Crippen LogP contribution is -2.39. The van der Waals surface area contributed by atoms with Crippen LogP contribution in [0.2, 0.25) is 0 Å². The Balaban J connectivity index is 0.00000364. The van der Waals surface area contributed by atoms with Gasteiger partial charge in [0.1, 0.15) is 5.82 Å². The first kappa shape index (κ1) is 24.2. The minimum Gasteiger partial charge on any atom is -0.385 e. The number of aromatic nitrogens is 2. The molecule has 0 bridgehead atoms. The van der Waals surface area contributed by atoms with E-state index in [4.69, 9.17) is 9.73 Å². The van der Waals surface area contributed by atoms with Crippen molar-refractivity contribution in [2.75, 3.05) is 33.4 Å². The van der Waals surface area contributed by atoms with Gasteiger partial charge in [0, 0.05) is 52.3 Å². The second-order valence-corrected chi connectivity index (χ2v) is 7.45. The number of aryl methyl sites for hydroxylation is 2. The number of imidazole rings is 1. The molecular formula is C20H38IN5O. The fourth-order valence-corrected chi connectivity index (χ4v) is 3.77. The highest BCUT2D eigenvalue weighted by molar-refractivity contribution is 14.0. The van der Waals surface area contributed by atoms with Gasteiger partial charge in [0.15, 0.2) is 5.96 Å². The van der Waals surface area contributed by atoms with E-state index >= 15 is 0 Å². The Morgan fingerprint density at radius 1 is 1.30 bits per heavy atom. The summed E-state index contributed by atoms with van der Waals surface area (Å²) >= 11 is 0. The van der Waals surface area contributed by atoms with Gasteiger partial charge in [0.2, 0.25) is 0 Å². The van der Waals surface area contributed by atoms with Crippen molar-refractivity contribution in [2.45, 2.75) is 65.3 Å². The first-order valence-electron chi connectivity index (χ1n) is 10.2. The monoisotopic (exact) mass is 491 g/mol. The van der Waals surface area contributed by atoms with Crippen LogP contribution in [0, 0.1) is 12.3 Å². The van der Waals surface area contributed by atoms with E-state index in [1.165, 1.54) is 25.7 Å². The molecule has 1 heterocycles. The number of methoxy groups -OCH3 is 1. The fraction of sp³-hybridized carbons (Fsp3) is 0.800. The van der Waals surface area contributed by atoms with Gasteiger partial charge >= 0.3 is 0 Å². The van der Waals surface area contributed by atoms with E-state index in [9.17, 15) is 0 Å². The average Bonchev–Trinajstić information content (AvgIpc) is 3.27. The van der Waals surface area contributed by atoms with Gasteiger partial charge in [-0.3, -0.25) is 4.99 Å². The summed E-state index contributed by atoms with van der Waals surface area (Å²) in [5.41, 5.74) is 0.345. The Bertz CT molecular complexity index is 540. The van der Waals surface area contributed by atoms with Crippen LogP contribution < -0.4 is 10.6 Å². The van der Waals surface area contributed by atoms with Crippen molar-refractivity contribution < 1.29 is 4.74 Å². The first-order chi connectivity index (χ1) is 12.7. The standard InChI is InChI=1S/C20H37N5O.HI/c1-4-21-19(23-12-7-8-14-25-15-13-22-18(25)2)24-17-20(11-16-26-3)9-5-6-10-20;/h13,15H,4-12,14,16-17H2,1-3H3,(H2,21,23,24);1H. The third-order valence-electron chi connectivity index (χ3n) is 5.46. The van der Waals surface area contributed by atoms with E-state index in [0.717, 1.165) is 63.8 Å². The first-order valence-corrected chi connectivity index (χ1v) is 10.2. The zero-order valence-electron chi connectivity index (χ0n) is 17.3. The second-order valence-electron chi connectivity index (χ2n) is 7.45. The Kier molecular flexibility index (Phi) is 12.0. The molecule has 1 saturated carbocycles. The number of ether oxygens (including phenoxy) is 1. The quantitative estimate of drug-likeness (QED) is 0.214. The predicted molar refractivity (Wildman–Crippen MR) is 123 cm³/mol. The summed E-state index contributed by atoms with van der Waals surface area (Å²) in [6.45, 7) is 8.79. The van der Waals surface area contributed by atoms with Gasteiger partial charge in [-0.1, -0.05) is 12.8 Å². The van der Waals surface area contributed by atoms with Gasteiger partial charge in [0.05, 0.1) is 0 Å². The fourth-order valence-electron chi connectivity index (χ4n) is 3.77. The molecule has 1 aromatic heterocycles. The third kappa shape index (κ3) is 8.37. The molecule has 1 aromatic rings. The lowest BCUT2D eigenvalue weighted by atomic mass is 9.83. The van der Waals surface area contributed by atoms with Crippen LogP contribution in [0.4, 0.5) is 0 Å². The summed E-state index contributed by atoms with van der Waals surface area (Å²) < 4.78 is 7.54. The molecule has 0 saturated heterocycles. The van der Waals surface area contributed by atoms with E-state index in [0.29, 0.717) is 5.41 Å². The molecule has 0 unspecified atom stereocenters. The van der Waals surface area contributed by atoms with Crippen LogP contribution in [0.5, 0.6) is 0 Å². The number of aliphatic imine (C=N–C) groups is 1. The lowest BCUT2D eigenvalue weighted by molar-refractivity contribution is 0.141. The average molecular weight is 491 g/mol. The van der Waals surface area contributed by atoms with Gasteiger partial charge in [-0.15, -0.1) is 24.0 Å². The largest absolute Gasteiger partial charge is 0.385 e. The summed E-state index contributed by atoms with van der Waals surface area (Å²) in [6, 6.07) is 0. The number of nitrogens with one attached hydrogen (secondary N) is 2. The zero-order chi connectivity index (χ0) is 18.7. The summed E-state index contributed by atoms with van der Waals surface area (Å²) in [5, 5.41) is 6.88. The number of nitrogens with zero attached hydrogens (tertiary/aromatic N) is 3. The van der Waals surface area contributed by atoms with Crippen molar-refractivity contribution in [2.24, 2.45) is 10.4 Å². The topological polar surface area (TPSA) is 63.5 Å². The van der Waals surface area contributed by atoms with Crippen molar-refractivity contribution in [3.63, 3.8) is 0 Å². The van der Waals surface area contributed by atoms with Gasteiger partial charge in [-0.05, 0) is 51.4 Å². The number of unbranched alkanes of at least 4 members (excludes halogenated alkanes) is 1. The molecule has 2 rings (SSSR count). The Labute approximate surface area is 182 Å². The van der Waals surface area contributed by atoms with E-state index < -0.39 is 0 Å². The maximum Gasteiger partial charge on any atom is 0.191 e. The van der Waals surface area contributed by atoms with E-state index in [1.807, 2.05) is 6.20 Å². The molecular weight excluding hydrogens is 453 g/mol. The van der Waals surface area contributed by atoms with Crippen molar-refractivity contribution in [3.8, 4) is 0 Å². The highest BCUT2D eigenvalue weighted by atomic mass is 127. The lowest BCUT2D eigenvalue weighted by Gasteiger charge is -2.27. The molecule has 1 aliphatic rings. The molecule has 6 nitrogen and oxygen atoms in total. The van der Waals surface area contributed by atoms with Crippen LogP contribution in [-0.4, -0.2) is 48.9 Å². The zero-order valence-corrected chi connectivity index (χ0v) is 19.6. The van der Waals surface area contributed by atoms with Crippen LogP contribution in [-0.2, 0) is 11.3 Å². The molecule has 7 heteroatoms. The molecule has 0 aliphatic heterocycles. The maximum atomic E-state index is 5.33. The van der Waals surface area contributed by atoms with E-state index in [-0.39, 0.29) is 24.0 Å². The number of guanidine groups is 1. The number of rotatable bonds is 11. The smallest absolute Gasteiger partial charge is 0.191 e. The summed E-state index contributed by atoms with van der Waals surface area (Å²) in [5.74, 6) is 2.04. The Hall–Kier alpha value is -0.830. The molecule has 0 aromatic carbocycles. The van der Waals surface area contributed by atoms with Crippen LogP contribution >= 0.6 is 24.0 Å². The summed E-state index contributed by atoms with van der Waals surface area (Å²) in [6.07, 6.45) is 12.5. The molecule has 0 radical (unpaired) electrons. The van der Waals surface area contributed by atoms with Crippen molar-refractivity contribution in [3.05, 3.63) is 18.2 Å².